The molecule has 144 valence electrons. The van der Waals surface area contributed by atoms with Gasteiger partial charge in [0.1, 0.15) is 0 Å². The molecule has 1 atom stereocenters. The third kappa shape index (κ3) is 4.14. The Kier molecular flexibility index (Phi) is 5.82. The van der Waals surface area contributed by atoms with Crippen LogP contribution < -0.4 is 9.62 Å². The van der Waals surface area contributed by atoms with Crippen molar-refractivity contribution in [1.82, 2.24) is 5.32 Å². The molecule has 0 aliphatic carbocycles. The van der Waals surface area contributed by atoms with Crippen LogP contribution in [0, 0.1) is 0 Å². The highest BCUT2D eigenvalue weighted by atomic mass is 32.2. The smallest absolute Gasteiger partial charge is 0.264 e. The van der Waals surface area contributed by atoms with Crippen LogP contribution in [0.1, 0.15) is 29.3 Å². The highest BCUT2D eigenvalue weighted by Gasteiger charge is 2.28. The lowest BCUT2D eigenvalue weighted by Gasteiger charge is -2.30. The van der Waals surface area contributed by atoms with Crippen LogP contribution in [-0.4, -0.2) is 40.6 Å². The van der Waals surface area contributed by atoms with E-state index in [0.29, 0.717) is 18.7 Å². The van der Waals surface area contributed by atoms with Crippen molar-refractivity contribution in [1.29, 1.82) is 0 Å². The monoisotopic (exact) mass is 388 g/mol. The SMILES string of the molecule is COCC(C)NC(=O)c1ccc(S(=O)(=O)N2CCCc3ccccc32)cc1. The van der Waals surface area contributed by atoms with Crippen molar-refractivity contribution in [3.63, 3.8) is 0 Å². The molecule has 2 aromatic carbocycles. The summed E-state index contributed by atoms with van der Waals surface area (Å²) in [5, 5.41) is 2.81. The van der Waals surface area contributed by atoms with E-state index < -0.39 is 10.0 Å². The molecule has 1 unspecified atom stereocenters. The highest BCUT2D eigenvalue weighted by molar-refractivity contribution is 7.92. The lowest BCUT2D eigenvalue weighted by atomic mass is 10.0. The largest absolute Gasteiger partial charge is 0.383 e. The fraction of sp³-hybridized carbons (Fsp3) is 0.350. The molecule has 0 bridgehead atoms. The quantitative estimate of drug-likeness (QED) is 0.825. The molecule has 0 saturated carbocycles. The minimum Gasteiger partial charge on any atom is -0.383 e. The van der Waals surface area contributed by atoms with E-state index in [-0.39, 0.29) is 16.8 Å². The number of methoxy groups -OCH3 is 1. The standard InChI is InChI=1S/C20H24N2O4S/c1-15(14-26-2)21-20(23)17-9-11-18(12-10-17)27(24,25)22-13-5-7-16-6-3-4-8-19(16)22/h3-4,6,8-12,15H,5,7,13-14H2,1-2H3,(H,21,23). The number of carbonyl (C=O) groups is 1. The van der Waals surface area contributed by atoms with E-state index in [9.17, 15) is 13.2 Å². The average Bonchev–Trinajstić information content (AvgIpc) is 2.67. The van der Waals surface area contributed by atoms with Crippen molar-refractivity contribution in [3.05, 3.63) is 59.7 Å². The number of hydrogen-bond acceptors (Lipinski definition) is 4. The van der Waals surface area contributed by atoms with Gasteiger partial charge in [-0.25, -0.2) is 8.42 Å². The Morgan fingerprint density at radius 2 is 1.89 bits per heavy atom. The predicted molar refractivity (Wildman–Crippen MR) is 105 cm³/mol. The number of aryl methyl sites for hydroxylation is 1. The number of para-hydroxylation sites is 1. The molecule has 1 N–H and O–H groups in total. The molecule has 0 spiro atoms. The molecule has 27 heavy (non-hydrogen) atoms. The van der Waals surface area contributed by atoms with Gasteiger partial charge in [0.25, 0.3) is 15.9 Å². The molecule has 2 aromatic rings. The van der Waals surface area contributed by atoms with Crippen LogP contribution in [0.4, 0.5) is 5.69 Å². The van der Waals surface area contributed by atoms with Crippen LogP contribution in [0.3, 0.4) is 0 Å². The van der Waals surface area contributed by atoms with E-state index in [1.165, 1.54) is 28.6 Å². The van der Waals surface area contributed by atoms with Crippen molar-refractivity contribution < 1.29 is 17.9 Å². The topological polar surface area (TPSA) is 75.7 Å². The first kappa shape index (κ1) is 19.4. The van der Waals surface area contributed by atoms with Gasteiger partial charge < -0.3 is 10.1 Å². The van der Waals surface area contributed by atoms with Crippen LogP contribution in [0.25, 0.3) is 0 Å². The van der Waals surface area contributed by atoms with Crippen LogP contribution in [0.2, 0.25) is 0 Å². The lowest BCUT2D eigenvalue weighted by Crippen LogP contribution is -2.36. The summed E-state index contributed by atoms with van der Waals surface area (Å²) in [6.07, 6.45) is 1.66. The van der Waals surface area contributed by atoms with Gasteiger partial charge in [-0.15, -0.1) is 0 Å². The first-order chi connectivity index (χ1) is 12.9. The molecule has 0 saturated heterocycles. The van der Waals surface area contributed by atoms with E-state index in [2.05, 4.69) is 5.32 Å². The van der Waals surface area contributed by atoms with E-state index in [4.69, 9.17) is 4.74 Å². The summed E-state index contributed by atoms with van der Waals surface area (Å²) in [7, 11) is -2.10. The summed E-state index contributed by atoms with van der Waals surface area (Å²) in [6, 6.07) is 13.5. The van der Waals surface area contributed by atoms with E-state index in [1.54, 1.807) is 7.11 Å². The third-order valence-electron chi connectivity index (χ3n) is 4.57. The Bertz CT molecular complexity index is 910. The maximum absolute atomic E-state index is 13.1. The van der Waals surface area contributed by atoms with E-state index in [1.807, 2.05) is 31.2 Å². The molecule has 1 aliphatic rings. The summed E-state index contributed by atoms with van der Waals surface area (Å²) in [5.41, 5.74) is 2.19. The maximum atomic E-state index is 13.1. The fourth-order valence-corrected chi connectivity index (χ4v) is 4.79. The highest BCUT2D eigenvalue weighted by Crippen LogP contribution is 2.31. The van der Waals surface area contributed by atoms with Gasteiger partial charge in [0.15, 0.2) is 0 Å². The zero-order chi connectivity index (χ0) is 19.4. The van der Waals surface area contributed by atoms with Crippen molar-refractivity contribution in [3.8, 4) is 0 Å². The maximum Gasteiger partial charge on any atom is 0.264 e. The Morgan fingerprint density at radius 1 is 1.19 bits per heavy atom. The fourth-order valence-electron chi connectivity index (χ4n) is 3.25. The summed E-state index contributed by atoms with van der Waals surface area (Å²) in [6.45, 7) is 2.71. The Labute approximate surface area is 160 Å². The van der Waals surface area contributed by atoms with Crippen LogP contribution in [-0.2, 0) is 21.2 Å². The number of amides is 1. The summed E-state index contributed by atoms with van der Waals surface area (Å²) >= 11 is 0. The second kappa shape index (κ2) is 8.10. The van der Waals surface area contributed by atoms with E-state index in [0.717, 1.165) is 24.1 Å². The number of nitrogens with one attached hydrogen (secondary N) is 1. The number of sulfonamides is 1. The molecule has 1 amide bonds. The molecule has 0 radical (unpaired) electrons. The van der Waals surface area contributed by atoms with Crippen molar-refractivity contribution >= 4 is 21.6 Å². The molecule has 0 fully saturated rings. The van der Waals surface area contributed by atoms with Crippen LogP contribution >= 0.6 is 0 Å². The van der Waals surface area contributed by atoms with Gasteiger partial charge in [-0.3, -0.25) is 9.10 Å². The molecule has 6 nitrogen and oxygen atoms in total. The van der Waals surface area contributed by atoms with Crippen molar-refractivity contribution in [2.24, 2.45) is 0 Å². The lowest BCUT2D eigenvalue weighted by molar-refractivity contribution is 0.0905. The van der Waals surface area contributed by atoms with Crippen molar-refractivity contribution in [2.45, 2.75) is 30.7 Å². The molecule has 1 heterocycles. The van der Waals surface area contributed by atoms with Gasteiger partial charge in [-0.1, -0.05) is 18.2 Å². The molecule has 3 rings (SSSR count). The molecular weight excluding hydrogens is 364 g/mol. The second-order valence-electron chi connectivity index (χ2n) is 6.66. The number of carbonyl (C=O) groups excluding carboxylic acids is 1. The Hall–Kier alpha value is -2.38. The number of rotatable bonds is 6. The predicted octanol–water partition coefficient (Wildman–Crippen LogP) is 2.59. The number of ether oxygens (including phenoxy) is 1. The summed E-state index contributed by atoms with van der Waals surface area (Å²) in [5.74, 6) is -0.258. The molecule has 1 aliphatic heterocycles. The normalized spacial score (nSPS) is 15.1. The Morgan fingerprint density at radius 3 is 2.59 bits per heavy atom. The average molecular weight is 388 g/mol. The summed E-state index contributed by atoms with van der Waals surface area (Å²) < 4.78 is 32.7. The van der Waals surface area contributed by atoms with Crippen LogP contribution in [0.5, 0.6) is 0 Å². The zero-order valence-electron chi connectivity index (χ0n) is 15.5. The number of anilines is 1. The van der Waals surface area contributed by atoms with Crippen LogP contribution in [0.15, 0.2) is 53.4 Å². The minimum atomic E-state index is -3.67. The number of hydrogen-bond donors (Lipinski definition) is 1. The van der Waals surface area contributed by atoms with Gasteiger partial charge >= 0.3 is 0 Å². The number of fused-ring (bicyclic) bond motifs is 1. The van der Waals surface area contributed by atoms with E-state index >= 15 is 0 Å². The first-order valence-corrected chi connectivity index (χ1v) is 10.4. The number of nitrogens with zero attached hydrogens (tertiary/aromatic N) is 1. The molecule has 7 heteroatoms. The first-order valence-electron chi connectivity index (χ1n) is 8.94. The Balaban J connectivity index is 1.82. The summed E-state index contributed by atoms with van der Waals surface area (Å²) in [4.78, 5) is 12.4. The van der Waals surface area contributed by atoms with Crippen molar-refractivity contribution in [2.75, 3.05) is 24.6 Å². The second-order valence-corrected chi connectivity index (χ2v) is 8.53. The third-order valence-corrected chi connectivity index (χ3v) is 6.39. The van der Waals surface area contributed by atoms with Gasteiger partial charge in [-0.05, 0) is 55.7 Å². The van der Waals surface area contributed by atoms with Gasteiger partial charge in [-0.2, -0.15) is 0 Å². The minimum absolute atomic E-state index is 0.129. The van der Waals surface area contributed by atoms with Gasteiger partial charge in [0.2, 0.25) is 0 Å². The van der Waals surface area contributed by atoms with Gasteiger partial charge in [0, 0.05) is 25.3 Å². The molecular formula is C20H24N2O4S. The number of benzene rings is 2. The molecule has 0 aromatic heterocycles. The van der Waals surface area contributed by atoms with Gasteiger partial charge in [0.05, 0.1) is 17.2 Å². The zero-order valence-corrected chi connectivity index (χ0v) is 16.3.